The standard InChI is InChI=1S/C23H24ClN3.C4H4O4/c24-20-9-10-23(26-17-20)25-13-4-14-27-15-11-19(12-16-27)22-8-3-6-18-5-1-2-7-21(18)22;5-3(6)1-2-4(7)8/h1-3,5-11,17H,4,12-16H2,(H,25,26);1-2H,(H,5,6)(H,7,8)/b;2-1+. The zero-order valence-electron chi connectivity index (χ0n) is 19.2. The van der Waals surface area contributed by atoms with E-state index in [1.165, 1.54) is 21.9 Å². The van der Waals surface area contributed by atoms with Gasteiger partial charge in [-0.3, -0.25) is 4.90 Å². The number of carboxylic acid groups (broad SMARTS) is 2. The van der Waals surface area contributed by atoms with Crippen LogP contribution in [0.25, 0.3) is 16.3 Å². The number of aliphatic carboxylic acids is 2. The predicted molar refractivity (Wildman–Crippen MR) is 140 cm³/mol. The summed E-state index contributed by atoms with van der Waals surface area (Å²) < 4.78 is 0. The second-order valence-corrected chi connectivity index (χ2v) is 8.39. The van der Waals surface area contributed by atoms with Gasteiger partial charge in [-0.15, -0.1) is 0 Å². The molecule has 0 spiro atoms. The van der Waals surface area contributed by atoms with Crippen molar-refractivity contribution in [2.75, 3.05) is 31.5 Å². The number of aromatic nitrogens is 1. The molecule has 0 radical (unpaired) electrons. The highest BCUT2D eigenvalue weighted by Crippen LogP contribution is 2.29. The third-order valence-corrected chi connectivity index (χ3v) is 5.71. The summed E-state index contributed by atoms with van der Waals surface area (Å²) in [6.07, 6.45) is 7.40. The lowest BCUT2D eigenvalue weighted by Gasteiger charge is -2.27. The number of carbonyl (C=O) groups is 2. The molecule has 8 heteroatoms. The Bertz CT molecular complexity index is 1190. The fraction of sp³-hybridized carbons (Fsp3) is 0.222. The Kier molecular flexibility index (Phi) is 9.83. The van der Waals surface area contributed by atoms with E-state index in [-0.39, 0.29) is 0 Å². The smallest absolute Gasteiger partial charge is 0.328 e. The lowest BCUT2D eigenvalue weighted by molar-refractivity contribution is -0.134. The molecule has 7 nitrogen and oxygen atoms in total. The van der Waals surface area contributed by atoms with Gasteiger partial charge in [-0.2, -0.15) is 0 Å². The Morgan fingerprint density at radius 3 is 2.43 bits per heavy atom. The van der Waals surface area contributed by atoms with Gasteiger partial charge in [-0.05, 0) is 46.9 Å². The first-order chi connectivity index (χ1) is 16.9. The fourth-order valence-corrected chi connectivity index (χ4v) is 3.92. The van der Waals surface area contributed by atoms with Crippen LogP contribution < -0.4 is 5.32 Å². The normalized spacial score (nSPS) is 13.7. The fourth-order valence-electron chi connectivity index (χ4n) is 3.81. The van der Waals surface area contributed by atoms with Gasteiger partial charge in [0, 0.05) is 44.5 Å². The third kappa shape index (κ3) is 8.55. The van der Waals surface area contributed by atoms with Crippen LogP contribution in [-0.4, -0.2) is 58.2 Å². The largest absolute Gasteiger partial charge is 0.478 e. The molecule has 0 fully saturated rings. The lowest BCUT2D eigenvalue weighted by Crippen LogP contribution is -2.30. The van der Waals surface area contributed by atoms with Crippen molar-refractivity contribution in [3.05, 3.63) is 89.6 Å². The molecule has 2 heterocycles. The molecule has 0 aliphatic carbocycles. The maximum atomic E-state index is 9.55. The highest BCUT2D eigenvalue weighted by molar-refractivity contribution is 6.30. The van der Waals surface area contributed by atoms with Crippen LogP contribution in [-0.2, 0) is 9.59 Å². The van der Waals surface area contributed by atoms with E-state index in [0.29, 0.717) is 17.2 Å². The molecule has 1 aliphatic rings. The number of hydrogen-bond donors (Lipinski definition) is 3. The Morgan fingerprint density at radius 1 is 1.03 bits per heavy atom. The highest BCUT2D eigenvalue weighted by Gasteiger charge is 2.14. The molecule has 4 rings (SSSR count). The van der Waals surface area contributed by atoms with Crippen LogP contribution in [0.2, 0.25) is 5.02 Å². The zero-order chi connectivity index (χ0) is 25.0. The second kappa shape index (κ2) is 13.3. The number of fused-ring (bicyclic) bond motifs is 1. The van der Waals surface area contributed by atoms with E-state index in [1.807, 2.05) is 12.1 Å². The summed E-state index contributed by atoms with van der Waals surface area (Å²) in [7, 11) is 0. The Balaban J connectivity index is 0.000000371. The van der Waals surface area contributed by atoms with Crippen LogP contribution in [0.3, 0.4) is 0 Å². The lowest BCUT2D eigenvalue weighted by atomic mass is 9.94. The predicted octanol–water partition coefficient (Wildman–Crippen LogP) is 5.19. The van der Waals surface area contributed by atoms with Gasteiger partial charge in [0.15, 0.2) is 0 Å². The van der Waals surface area contributed by atoms with Crippen LogP contribution in [0, 0.1) is 0 Å². The minimum absolute atomic E-state index is 0.558. The Labute approximate surface area is 209 Å². The van der Waals surface area contributed by atoms with E-state index in [9.17, 15) is 9.59 Å². The first-order valence-corrected chi connectivity index (χ1v) is 11.7. The molecule has 0 saturated carbocycles. The van der Waals surface area contributed by atoms with Gasteiger partial charge in [0.25, 0.3) is 0 Å². The van der Waals surface area contributed by atoms with Crippen molar-refractivity contribution >= 4 is 45.7 Å². The number of nitrogens with zero attached hydrogens (tertiary/aromatic N) is 2. The third-order valence-electron chi connectivity index (χ3n) is 5.48. The number of rotatable bonds is 8. The van der Waals surface area contributed by atoms with Crippen LogP contribution in [0.1, 0.15) is 18.4 Å². The van der Waals surface area contributed by atoms with Crippen LogP contribution in [0.5, 0.6) is 0 Å². The van der Waals surface area contributed by atoms with Crippen molar-refractivity contribution in [2.45, 2.75) is 12.8 Å². The van der Waals surface area contributed by atoms with Gasteiger partial charge in [0.05, 0.1) is 5.02 Å². The number of anilines is 1. The van der Waals surface area contributed by atoms with Gasteiger partial charge < -0.3 is 15.5 Å². The van der Waals surface area contributed by atoms with Crippen molar-refractivity contribution in [1.82, 2.24) is 9.88 Å². The average molecular weight is 494 g/mol. The summed E-state index contributed by atoms with van der Waals surface area (Å²) in [5.41, 5.74) is 2.87. The van der Waals surface area contributed by atoms with E-state index in [4.69, 9.17) is 21.8 Å². The molecule has 1 aliphatic heterocycles. The highest BCUT2D eigenvalue weighted by atomic mass is 35.5. The van der Waals surface area contributed by atoms with Gasteiger partial charge in [-0.1, -0.05) is 60.1 Å². The molecule has 0 saturated heterocycles. The number of hydrogen-bond acceptors (Lipinski definition) is 5. The molecule has 2 aromatic carbocycles. The number of benzene rings is 2. The first kappa shape index (κ1) is 25.9. The molecule has 182 valence electrons. The summed E-state index contributed by atoms with van der Waals surface area (Å²) in [6.45, 7) is 4.16. The average Bonchev–Trinajstić information content (AvgIpc) is 2.87. The van der Waals surface area contributed by atoms with Gasteiger partial charge in [-0.25, -0.2) is 14.6 Å². The summed E-state index contributed by atoms with van der Waals surface area (Å²) in [6, 6.07) is 19.1. The van der Waals surface area contributed by atoms with Crippen LogP contribution in [0.15, 0.2) is 79.0 Å². The minimum Gasteiger partial charge on any atom is -0.478 e. The van der Waals surface area contributed by atoms with E-state index < -0.39 is 11.9 Å². The number of nitrogens with one attached hydrogen (secondary N) is 1. The molecule has 35 heavy (non-hydrogen) atoms. The molecule has 1 aromatic heterocycles. The van der Waals surface area contributed by atoms with Crippen LogP contribution in [0.4, 0.5) is 5.82 Å². The minimum atomic E-state index is -1.26. The van der Waals surface area contributed by atoms with Gasteiger partial charge in [0.1, 0.15) is 5.82 Å². The van der Waals surface area contributed by atoms with Gasteiger partial charge >= 0.3 is 11.9 Å². The molecular weight excluding hydrogens is 466 g/mol. The summed E-state index contributed by atoms with van der Waals surface area (Å²) >= 11 is 5.86. The maximum absolute atomic E-state index is 9.55. The van der Waals surface area contributed by atoms with E-state index in [0.717, 1.165) is 44.8 Å². The summed E-state index contributed by atoms with van der Waals surface area (Å²) in [5, 5.41) is 22.3. The van der Waals surface area contributed by atoms with Crippen molar-refractivity contribution in [3.63, 3.8) is 0 Å². The quantitative estimate of drug-likeness (QED) is 0.293. The molecule has 3 N–H and O–H groups in total. The topological polar surface area (TPSA) is 103 Å². The molecule has 0 bridgehead atoms. The Hall–Kier alpha value is -3.68. The Morgan fingerprint density at radius 2 is 1.77 bits per heavy atom. The van der Waals surface area contributed by atoms with Gasteiger partial charge in [0.2, 0.25) is 0 Å². The van der Waals surface area contributed by atoms with Crippen molar-refractivity contribution < 1.29 is 19.8 Å². The number of pyridine rings is 1. The number of halogens is 1. The van der Waals surface area contributed by atoms with Crippen molar-refractivity contribution in [2.24, 2.45) is 0 Å². The van der Waals surface area contributed by atoms with Crippen molar-refractivity contribution in [3.8, 4) is 0 Å². The van der Waals surface area contributed by atoms with E-state index in [1.54, 1.807) is 6.20 Å². The molecule has 0 unspecified atom stereocenters. The van der Waals surface area contributed by atoms with Crippen molar-refractivity contribution in [1.29, 1.82) is 0 Å². The monoisotopic (exact) mass is 493 g/mol. The SMILES string of the molecule is Clc1ccc(NCCCN2CC=C(c3cccc4ccccc34)CC2)nc1.O=C(O)/C=C/C(=O)O. The molecule has 3 aromatic rings. The first-order valence-electron chi connectivity index (χ1n) is 11.3. The zero-order valence-corrected chi connectivity index (χ0v) is 20.0. The molecule has 0 atom stereocenters. The second-order valence-electron chi connectivity index (χ2n) is 7.96. The number of carboxylic acids is 2. The van der Waals surface area contributed by atoms with Crippen LogP contribution >= 0.6 is 11.6 Å². The summed E-state index contributed by atoms with van der Waals surface area (Å²) in [4.78, 5) is 25.9. The maximum Gasteiger partial charge on any atom is 0.328 e. The van der Waals surface area contributed by atoms with E-state index >= 15 is 0 Å². The molecular formula is C27H28ClN3O4. The molecule has 0 amide bonds. The summed E-state index contributed by atoms with van der Waals surface area (Å²) in [5.74, 6) is -1.63. The van der Waals surface area contributed by atoms with E-state index in [2.05, 4.69) is 63.7 Å².